The Kier molecular flexibility index (Phi) is 4.88. The Labute approximate surface area is 135 Å². The zero-order valence-electron chi connectivity index (χ0n) is 10.4. The van der Waals surface area contributed by atoms with Crippen molar-refractivity contribution in [1.29, 1.82) is 0 Å². The average molecular weight is 346 g/mol. The van der Waals surface area contributed by atoms with Gasteiger partial charge in [0, 0.05) is 21.2 Å². The summed E-state index contributed by atoms with van der Waals surface area (Å²) in [5, 5.41) is 9.97. The molecule has 2 nitrogen and oxygen atoms in total. The lowest BCUT2D eigenvalue weighted by Crippen LogP contribution is -2.01. The summed E-state index contributed by atoms with van der Waals surface area (Å²) in [6, 6.07) is 8.49. The lowest BCUT2D eigenvalue weighted by molar-refractivity contribution is -0.130. The van der Waals surface area contributed by atoms with Crippen LogP contribution in [0.15, 0.2) is 36.4 Å². The first-order valence-corrected chi connectivity index (χ1v) is 6.88. The fourth-order valence-corrected chi connectivity index (χ4v) is 2.36. The van der Waals surface area contributed by atoms with E-state index in [0.717, 1.165) is 6.08 Å². The number of benzene rings is 2. The summed E-state index contributed by atoms with van der Waals surface area (Å²) in [6.07, 6.45) is 1.14. The Morgan fingerprint density at radius 3 is 2.43 bits per heavy atom. The molecule has 0 aliphatic carbocycles. The van der Waals surface area contributed by atoms with Crippen LogP contribution in [-0.2, 0) is 4.79 Å². The molecule has 6 heteroatoms. The minimum Gasteiger partial charge on any atom is -0.478 e. The van der Waals surface area contributed by atoms with Crippen LogP contribution < -0.4 is 0 Å². The van der Waals surface area contributed by atoms with Crippen LogP contribution in [0.3, 0.4) is 0 Å². The molecule has 0 saturated heterocycles. The molecule has 108 valence electrons. The van der Waals surface area contributed by atoms with E-state index in [1.165, 1.54) is 36.4 Å². The van der Waals surface area contributed by atoms with Gasteiger partial charge < -0.3 is 5.11 Å². The van der Waals surface area contributed by atoms with Crippen molar-refractivity contribution in [1.82, 2.24) is 0 Å². The molecule has 0 saturated carbocycles. The first kappa shape index (κ1) is 15.8. The molecule has 0 unspecified atom stereocenters. The van der Waals surface area contributed by atoms with Gasteiger partial charge in [-0.25, -0.2) is 9.18 Å². The molecule has 0 heterocycles. The van der Waals surface area contributed by atoms with E-state index >= 15 is 0 Å². The topological polar surface area (TPSA) is 37.3 Å². The molecule has 0 aliphatic heterocycles. The maximum atomic E-state index is 13.8. The van der Waals surface area contributed by atoms with Crippen molar-refractivity contribution in [3.05, 3.63) is 68.4 Å². The van der Waals surface area contributed by atoms with Gasteiger partial charge in [0.15, 0.2) is 0 Å². The average Bonchev–Trinajstić information content (AvgIpc) is 2.41. The van der Waals surface area contributed by atoms with Crippen molar-refractivity contribution in [2.45, 2.75) is 0 Å². The van der Waals surface area contributed by atoms with Crippen molar-refractivity contribution in [3.63, 3.8) is 0 Å². The maximum absolute atomic E-state index is 13.8. The molecule has 0 aliphatic rings. The van der Waals surface area contributed by atoms with E-state index in [0.29, 0.717) is 5.02 Å². The normalized spacial score (nSPS) is 11.5. The third kappa shape index (κ3) is 3.56. The minimum absolute atomic E-state index is 0.0207. The van der Waals surface area contributed by atoms with Gasteiger partial charge in [-0.2, -0.15) is 0 Å². The van der Waals surface area contributed by atoms with Crippen molar-refractivity contribution in [3.8, 4) is 0 Å². The van der Waals surface area contributed by atoms with Gasteiger partial charge in [-0.05, 0) is 36.4 Å². The summed E-state index contributed by atoms with van der Waals surface area (Å²) in [4.78, 5) is 11.5. The number of carboxylic acid groups (broad SMARTS) is 1. The molecule has 0 atom stereocenters. The van der Waals surface area contributed by atoms with E-state index in [2.05, 4.69) is 0 Å². The van der Waals surface area contributed by atoms with E-state index in [9.17, 15) is 14.3 Å². The highest BCUT2D eigenvalue weighted by atomic mass is 35.5. The zero-order valence-corrected chi connectivity index (χ0v) is 12.7. The van der Waals surface area contributed by atoms with E-state index < -0.39 is 11.8 Å². The highest BCUT2D eigenvalue weighted by molar-refractivity contribution is 6.37. The first-order valence-electron chi connectivity index (χ1n) is 5.74. The van der Waals surface area contributed by atoms with Crippen molar-refractivity contribution >= 4 is 52.4 Å². The van der Waals surface area contributed by atoms with Gasteiger partial charge in [-0.3, -0.25) is 0 Å². The van der Waals surface area contributed by atoms with E-state index in [1.54, 1.807) is 0 Å². The molecule has 0 spiro atoms. The summed E-state index contributed by atoms with van der Waals surface area (Å²) in [6.45, 7) is 0. The largest absolute Gasteiger partial charge is 0.478 e. The summed E-state index contributed by atoms with van der Waals surface area (Å²) in [5.74, 6) is -1.89. The van der Waals surface area contributed by atoms with Crippen LogP contribution in [0, 0.1) is 5.82 Å². The predicted octanol–water partition coefficient (Wildman–Crippen LogP) is 5.41. The van der Waals surface area contributed by atoms with Crippen LogP contribution >= 0.6 is 34.8 Å². The Balaban J connectivity index is 2.67. The molecule has 1 N–H and O–H groups in total. The number of hydrogen-bond acceptors (Lipinski definition) is 1. The van der Waals surface area contributed by atoms with Gasteiger partial charge in [0.05, 0.1) is 10.6 Å². The Hall–Kier alpha value is -1.55. The standard InChI is InChI=1S/C15H8Cl3FO2/c16-8-4-5-13(18)9(6-8)10(15(20)21)7-11-12(17)2-1-3-14(11)19/h1-7H,(H,20,21)/b10-7-. The van der Waals surface area contributed by atoms with Gasteiger partial charge in [-0.15, -0.1) is 0 Å². The molecule has 2 rings (SSSR count). The third-order valence-electron chi connectivity index (χ3n) is 2.74. The van der Waals surface area contributed by atoms with E-state index in [-0.39, 0.29) is 26.7 Å². The molecular weight excluding hydrogens is 338 g/mol. The van der Waals surface area contributed by atoms with E-state index in [1.807, 2.05) is 0 Å². The maximum Gasteiger partial charge on any atom is 0.336 e. The fraction of sp³-hybridized carbons (Fsp3) is 0. The number of hydrogen-bond donors (Lipinski definition) is 1. The minimum atomic E-state index is -1.27. The van der Waals surface area contributed by atoms with Crippen molar-refractivity contribution < 1.29 is 14.3 Å². The lowest BCUT2D eigenvalue weighted by atomic mass is 10.0. The summed E-state index contributed by atoms with van der Waals surface area (Å²) in [5.41, 5.74) is -0.0295. The molecule has 2 aromatic rings. The summed E-state index contributed by atoms with van der Waals surface area (Å²) < 4.78 is 13.8. The molecule has 0 bridgehead atoms. The van der Waals surface area contributed by atoms with E-state index in [4.69, 9.17) is 34.8 Å². The molecule has 21 heavy (non-hydrogen) atoms. The van der Waals surface area contributed by atoms with Crippen LogP contribution in [0.1, 0.15) is 11.1 Å². The fourth-order valence-electron chi connectivity index (χ4n) is 1.75. The molecule has 0 amide bonds. The molecule has 0 aromatic heterocycles. The van der Waals surface area contributed by atoms with Gasteiger partial charge in [0.25, 0.3) is 0 Å². The zero-order chi connectivity index (χ0) is 15.6. The van der Waals surface area contributed by atoms with Gasteiger partial charge in [0.1, 0.15) is 5.82 Å². The predicted molar refractivity (Wildman–Crippen MR) is 83.4 cm³/mol. The van der Waals surface area contributed by atoms with Crippen LogP contribution in [0.2, 0.25) is 15.1 Å². The first-order chi connectivity index (χ1) is 9.90. The number of carbonyl (C=O) groups is 1. The monoisotopic (exact) mass is 344 g/mol. The number of carboxylic acids is 1. The Bertz CT molecular complexity index is 721. The van der Waals surface area contributed by atoms with Gasteiger partial charge in [-0.1, -0.05) is 40.9 Å². The van der Waals surface area contributed by atoms with Crippen molar-refractivity contribution in [2.24, 2.45) is 0 Å². The highest BCUT2D eigenvalue weighted by Crippen LogP contribution is 2.31. The smallest absolute Gasteiger partial charge is 0.336 e. The van der Waals surface area contributed by atoms with Gasteiger partial charge >= 0.3 is 5.97 Å². The Morgan fingerprint density at radius 1 is 1.10 bits per heavy atom. The lowest BCUT2D eigenvalue weighted by Gasteiger charge is -2.08. The van der Waals surface area contributed by atoms with Crippen LogP contribution in [0.25, 0.3) is 11.6 Å². The van der Waals surface area contributed by atoms with Crippen LogP contribution in [0.5, 0.6) is 0 Å². The number of rotatable bonds is 3. The summed E-state index contributed by atoms with van der Waals surface area (Å²) >= 11 is 17.7. The van der Waals surface area contributed by atoms with Gasteiger partial charge in [0.2, 0.25) is 0 Å². The van der Waals surface area contributed by atoms with Crippen molar-refractivity contribution in [2.75, 3.05) is 0 Å². The highest BCUT2D eigenvalue weighted by Gasteiger charge is 2.16. The van der Waals surface area contributed by atoms with Crippen LogP contribution in [0.4, 0.5) is 4.39 Å². The number of aliphatic carboxylic acids is 1. The second-order valence-electron chi connectivity index (χ2n) is 4.12. The quantitative estimate of drug-likeness (QED) is 0.596. The number of halogens is 4. The second kappa shape index (κ2) is 6.48. The molecule has 2 aromatic carbocycles. The molecule has 0 radical (unpaired) electrons. The summed E-state index contributed by atoms with van der Waals surface area (Å²) in [7, 11) is 0. The SMILES string of the molecule is O=C(O)/C(=C\c1c(F)cccc1Cl)c1cc(Cl)ccc1Cl. The van der Waals surface area contributed by atoms with Crippen LogP contribution in [-0.4, -0.2) is 11.1 Å². The molecular formula is C15H8Cl3FO2. The third-order valence-corrected chi connectivity index (χ3v) is 3.63. The second-order valence-corrected chi connectivity index (χ2v) is 5.37. The molecule has 0 fully saturated rings. The Morgan fingerprint density at radius 2 is 1.81 bits per heavy atom.